The van der Waals surface area contributed by atoms with E-state index in [-0.39, 0.29) is 0 Å². The Morgan fingerprint density at radius 3 is 2.65 bits per heavy atom. The van der Waals surface area contributed by atoms with Crippen LogP contribution in [0.1, 0.15) is 29.0 Å². The molecule has 1 unspecified atom stereocenters. The summed E-state index contributed by atoms with van der Waals surface area (Å²) in [5, 5.41) is 12.0. The van der Waals surface area contributed by atoms with Crippen molar-refractivity contribution in [3.63, 3.8) is 0 Å². The van der Waals surface area contributed by atoms with Crippen LogP contribution in [-0.4, -0.2) is 5.11 Å². The molecule has 0 saturated carbocycles. The van der Waals surface area contributed by atoms with Gasteiger partial charge in [0.05, 0.1) is 0 Å². The van der Waals surface area contributed by atoms with Crippen LogP contribution in [0.2, 0.25) is 0 Å². The number of benzene rings is 1. The summed E-state index contributed by atoms with van der Waals surface area (Å²) < 4.78 is 25.9. The van der Waals surface area contributed by atoms with Gasteiger partial charge in [-0.1, -0.05) is 13.0 Å². The van der Waals surface area contributed by atoms with Crippen molar-refractivity contribution in [2.24, 2.45) is 0 Å². The Bertz CT molecular complexity index is 522. The summed E-state index contributed by atoms with van der Waals surface area (Å²) in [7, 11) is 0. The first-order chi connectivity index (χ1) is 8.13. The Morgan fingerprint density at radius 2 is 2.00 bits per heavy atom. The third kappa shape index (κ3) is 2.37. The Morgan fingerprint density at radius 1 is 1.24 bits per heavy atom. The fraction of sp³-hybridized carbons (Fsp3) is 0.231. The molecule has 0 aliphatic rings. The summed E-state index contributed by atoms with van der Waals surface area (Å²) in [6.07, 6.45) is -0.0837. The summed E-state index contributed by atoms with van der Waals surface area (Å²) in [5.74, 6) is -1.83. The first-order valence-corrected chi connectivity index (χ1v) is 6.20. The van der Waals surface area contributed by atoms with Gasteiger partial charge in [0.1, 0.15) is 6.10 Å². The number of aliphatic hydroxyl groups excluding tert-OH is 1. The normalized spacial score (nSPS) is 12.7. The lowest BCUT2D eigenvalue weighted by Gasteiger charge is -2.11. The molecule has 0 radical (unpaired) electrons. The summed E-state index contributed by atoms with van der Waals surface area (Å²) in [5.41, 5.74) is 1.41. The number of thiophene rings is 1. The Hall–Kier alpha value is -1.26. The molecule has 4 heteroatoms. The van der Waals surface area contributed by atoms with Crippen molar-refractivity contribution in [3.8, 4) is 0 Å². The largest absolute Gasteiger partial charge is 0.383 e. The van der Waals surface area contributed by atoms with Gasteiger partial charge in [0.25, 0.3) is 0 Å². The fourth-order valence-electron chi connectivity index (χ4n) is 1.71. The predicted molar refractivity (Wildman–Crippen MR) is 64.1 cm³/mol. The van der Waals surface area contributed by atoms with Crippen LogP contribution in [0.4, 0.5) is 8.78 Å². The smallest absolute Gasteiger partial charge is 0.159 e. The molecular weight excluding hydrogens is 242 g/mol. The highest BCUT2D eigenvalue weighted by atomic mass is 32.1. The SMILES string of the molecule is CCc1ccsc1C(O)c1ccc(F)c(F)c1. The van der Waals surface area contributed by atoms with Crippen molar-refractivity contribution in [2.45, 2.75) is 19.4 Å². The highest BCUT2D eigenvalue weighted by Crippen LogP contribution is 2.30. The minimum atomic E-state index is -0.934. The van der Waals surface area contributed by atoms with E-state index in [0.717, 1.165) is 29.0 Å². The van der Waals surface area contributed by atoms with Gasteiger partial charge in [0.15, 0.2) is 11.6 Å². The van der Waals surface area contributed by atoms with E-state index in [9.17, 15) is 13.9 Å². The Balaban J connectivity index is 2.36. The molecule has 0 saturated heterocycles. The molecule has 1 heterocycles. The third-order valence-corrected chi connectivity index (χ3v) is 3.68. The number of rotatable bonds is 3. The molecule has 0 spiro atoms. The number of aryl methyl sites for hydroxylation is 1. The van der Waals surface area contributed by atoms with E-state index in [1.807, 2.05) is 18.4 Å². The quantitative estimate of drug-likeness (QED) is 0.886. The molecule has 1 aromatic carbocycles. The molecule has 1 nitrogen and oxygen atoms in total. The molecule has 90 valence electrons. The second-order valence-corrected chi connectivity index (χ2v) is 4.69. The molecule has 2 aromatic rings. The highest BCUT2D eigenvalue weighted by molar-refractivity contribution is 7.10. The average molecular weight is 254 g/mol. The van der Waals surface area contributed by atoms with Crippen molar-refractivity contribution in [1.82, 2.24) is 0 Å². The van der Waals surface area contributed by atoms with Crippen LogP contribution >= 0.6 is 11.3 Å². The lowest BCUT2D eigenvalue weighted by atomic mass is 10.0. The average Bonchev–Trinajstić information content (AvgIpc) is 2.80. The first-order valence-electron chi connectivity index (χ1n) is 5.32. The van der Waals surface area contributed by atoms with Crippen molar-refractivity contribution in [2.75, 3.05) is 0 Å². The fourth-order valence-corrected chi connectivity index (χ4v) is 2.72. The molecular formula is C13H12F2OS. The van der Waals surface area contributed by atoms with E-state index >= 15 is 0 Å². The molecule has 0 aliphatic carbocycles. The molecule has 0 fully saturated rings. The van der Waals surface area contributed by atoms with Crippen molar-refractivity contribution >= 4 is 11.3 Å². The van der Waals surface area contributed by atoms with Gasteiger partial charge in [-0.25, -0.2) is 8.78 Å². The molecule has 0 bridgehead atoms. The van der Waals surface area contributed by atoms with Crippen LogP contribution in [0.5, 0.6) is 0 Å². The van der Waals surface area contributed by atoms with E-state index < -0.39 is 17.7 Å². The van der Waals surface area contributed by atoms with Crippen LogP contribution in [0.3, 0.4) is 0 Å². The second kappa shape index (κ2) is 4.94. The maximum Gasteiger partial charge on any atom is 0.159 e. The minimum Gasteiger partial charge on any atom is -0.383 e. The van der Waals surface area contributed by atoms with Crippen LogP contribution in [0, 0.1) is 11.6 Å². The van der Waals surface area contributed by atoms with Gasteiger partial charge in [-0.05, 0) is 41.1 Å². The van der Waals surface area contributed by atoms with Gasteiger partial charge in [-0.3, -0.25) is 0 Å². The number of aliphatic hydroxyl groups is 1. The van der Waals surface area contributed by atoms with Crippen LogP contribution in [0.15, 0.2) is 29.6 Å². The maximum absolute atomic E-state index is 13.1. The monoisotopic (exact) mass is 254 g/mol. The van der Waals surface area contributed by atoms with Gasteiger partial charge < -0.3 is 5.11 Å². The standard InChI is InChI=1S/C13H12F2OS/c1-2-8-5-6-17-13(8)12(16)9-3-4-10(14)11(15)7-9/h3-7,12,16H,2H2,1H3. The number of hydrogen-bond donors (Lipinski definition) is 1. The zero-order chi connectivity index (χ0) is 12.4. The van der Waals surface area contributed by atoms with E-state index in [1.54, 1.807) is 0 Å². The van der Waals surface area contributed by atoms with Gasteiger partial charge in [-0.15, -0.1) is 11.3 Å². The Labute approximate surface area is 102 Å². The van der Waals surface area contributed by atoms with E-state index in [4.69, 9.17) is 0 Å². The molecule has 0 aliphatic heterocycles. The van der Waals surface area contributed by atoms with E-state index in [0.29, 0.717) is 5.56 Å². The lowest BCUT2D eigenvalue weighted by molar-refractivity contribution is 0.222. The number of hydrogen-bond acceptors (Lipinski definition) is 2. The summed E-state index contributed by atoms with van der Waals surface area (Å²) in [4.78, 5) is 0.790. The van der Waals surface area contributed by atoms with Crippen LogP contribution in [-0.2, 0) is 6.42 Å². The van der Waals surface area contributed by atoms with Crippen molar-refractivity contribution < 1.29 is 13.9 Å². The van der Waals surface area contributed by atoms with Crippen LogP contribution in [0.25, 0.3) is 0 Å². The summed E-state index contributed by atoms with van der Waals surface area (Å²) >= 11 is 1.42. The van der Waals surface area contributed by atoms with Crippen molar-refractivity contribution in [1.29, 1.82) is 0 Å². The first kappa shape index (κ1) is 12.2. The third-order valence-electron chi connectivity index (χ3n) is 2.67. The lowest BCUT2D eigenvalue weighted by Crippen LogP contribution is -2.01. The second-order valence-electron chi connectivity index (χ2n) is 3.74. The molecule has 17 heavy (non-hydrogen) atoms. The van der Waals surface area contributed by atoms with Crippen molar-refractivity contribution in [3.05, 3.63) is 57.3 Å². The summed E-state index contributed by atoms with van der Waals surface area (Å²) in [6, 6.07) is 5.41. The van der Waals surface area contributed by atoms with Gasteiger partial charge in [-0.2, -0.15) is 0 Å². The molecule has 2 rings (SSSR count). The van der Waals surface area contributed by atoms with Gasteiger partial charge >= 0.3 is 0 Å². The maximum atomic E-state index is 13.1. The van der Waals surface area contributed by atoms with E-state index in [1.165, 1.54) is 17.4 Å². The zero-order valence-corrected chi connectivity index (χ0v) is 10.1. The predicted octanol–water partition coefficient (Wildman–Crippen LogP) is 3.67. The Kier molecular flexibility index (Phi) is 3.54. The zero-order valence-electron chi connectivity index (χ0n) is 9.28. The minimum absolute atomic E-state index is 0.376. The molecule has 1 aromatic heterocycles. The number of halogens is 2. The van der Waals surface area contributed by atoms with Crippen LogP contribution < -0.4 is 0 Å². The molecule has 1 atom stereocenters. The molecule has 0 amide bonds. The van der Waals surface area contributed by atoms with Gasteiger partial charge in [0, 0.05) is 4.88 Å². The van der Waals surface area contributed by atoms with E-state index in [2.05, 4.69) is 0 Å². The highest BCUT2D eigenvalue weighted by Gasteiger charge is 2.16. The molecule has 1 N–H and O–H groups in total. The van der Waals surface area contributed by atoms with Gasteiger partial charge in [0.2, 0.25) is 0 Å². The summed E-state index contributed by atoms with van der Waals surface area (Å²) in [6.45, 7) is 1.99. The topological polar surface area (TPSA) is 20.2 Å².